The van der Waals surface area contributed by atoms with Crippen LogP contribution in [-0.4, -0.2) is 36.5 Å². The Balaban J connectivity index is 1.80. The first-order valence-electron chi connectivity index (χ1n) is 8.93. The zero-order valence-electron chi connectivity index (χ0n) is 14.9. The van der Waals surface area contributed by atoms with Crippen molar-refractivity contribution in [1.29, 1.82) is 5.26 Å². The number of amides is 1. The Labute approximate surface area is 155 Å². The molecule has 2 aliphatic carbocycles. The molecule has 2 N–H and O–H groups in total. The van der Waals surface area contributed by atoms with E-state index in [2.05, 4.69) is 11.1 Å². The summed E-state index contributed by atoms with van der Waals surface area (Å²) >= 11 is 0. The molecular weight excluding hydrogens is 354 g/mol. The first-order valence-corrected chi connectivity index (χ1v) is 8.93. The lowest BCUT2D eigenvalue weighted by molar-refractivity contribution is -0.178. The highest BCUT2D eigenvalue weighted by Crippen LogP contribution is 2.61. The van der Waals surface area contributed by atoms with Crippen LogP contribution in [0.15, 0.2) is 23.2 Å². The van der Waals surface area contributed by atoms with E-state index in [1.807, 2.05) is 6.07 Å². The normalized spacial score (nSPS) is 32.3. The molecule has 1 atom stereocenters. The highest BCUT2D eigenvalue weighted by molar-refractivity contribution is 6.08. The van der Waals surface area contributed by atoms with Gasteiger partial charge in [0.25, 0.3) is 5.91 Å². The summed E-state index contributed by atoms with van der Waals surface area (Å²) in [5.74, 6) is -0.0809. The molecule has 4 rings (SSSR count). The van der Waals surface area contributed by atoms with Gasteiger partial charge in [-0.05, 0) is 55.4 Å². The number of nitriles is 1. The second-order valence-corrected chi connectivity index (χ2v) is 7.58. The summed E-state index contributed by atoms with van der Waals surface area (Å²) in [7, 11) is 1.58. The molecule has 1 saturated carbocycles. The molecule has 2 spiro atoms. The van der Waals surface area contributed by atoms with Crippen molar-refractivity contribution >= 4 is 11.9 Å². The number of fused-ring (bicyclic) bond motifs is 3. The van der Waals surface area contributed by atoms with Crippen LogP contribution in [-0.2, 0) is 21.5 Å². The van der Waals surface area contributed by atoms with Gasteiger partial charge in [0.15, 0.2) is 11.5 Å². The zero-order valence-corrected chi connectivity index (χ0v) is 14.9. The van der Waals surface area contributed by atoms with Crippen molar-refractivity contribution < 1.29 is 18.3 Å². The van der Waals surface area contributed by atoms with Crippen molar-refractivity contribution in [3.63, 3.8) is 0 Å². The Kier molecular flexibility index (Phi) is 3.96. The van der Waals surface area contributed by atoms with Gasteiger partial charge in [0.2, 0.25) is 0 Å². The SMILES string of the molecule is CN1C(=O)C2(N=C1N)c1cc(C#N)ccc1C[C@]21CC[C@@H](OC(F)F)CC1. The summed E-state index contributed by atoms with van der Waals surface area (Å²) in [6.07, 6.45) is 1.98. The molecule has 1 aliphatic heterocycles. The van der Waals surface area contributed by atoms with E-state index >= 15 is 0 Å². The summed E-state index contributed by atoms with van der Waals surface area (Å²) in [5.41, 5.74) is 6.40. The quantitative estimate of drug-likeness (QED) is 0.860. The number of carbonyl (C=O) groups is 1. The number of halogens is 2. The fourth-order valence-corrected chi connectivity index (χ4v) is 5.04. The first-order chi connectivity index (χ1) is 12.8. The Hall–Kier alpha value is -2.53. The third-order valence-electron chi connectivity index (χ3n) is 6.35. The predicted molar refractivity (Wildman–Crippen MR) is 92.7 cm³/mol. The smallest absolute Gasteiger partial charge is 0.345 e. The second-order valence-electron chi connectivity index (χ2n) is 7.58. The van der Waals surface area contributed by atoms with Crippen LogP contribution in [0.1, 0.15) is 42.4 Å². The van der Waals surface area contributed by atoms with Crippen LogP contribution in [0.4, 0.5) is 8.78 Å². The fraction of sp³-hybridized carbons (Fsp3) is 0.526. The molecule has 142 valence electrons. The Bertz CT molecular complexity index is 871. The van der Waals surface area contributed by atoms with Crippen LogP contribution >= 0.6 is 0 Å². The van der Waals surface area contributed by atoms with Gasteiger partial charge in [0.05, 0.1) is 17.7 Å². The van der Waals surface area contributed by atoms with E-state index in [0.29, 0.717) is 43.2 Å². The number of nitrogens with two attached hydrogens (primary N) is 1. The molecule has 1 aromatic carbocycles. The standard InChI is InChI=1S/C19H20F2N4O2/c1-25-15(26)19(24-17(25)23)14-8-11(10-22)2-3-12(14)9-18(19)6-4-13(5-7-18)27-16(20)21/h2-3,8,13,16H,4-7,9H2,1H3,(H2,23,24)/t13-,18-,19?. The summed E-state index contributed by atoms with van der Waals surface area (Å²) in [6, 6.07) is 7.43. The average molecular weight is 374 g/mol. The molecule has 1 fully saturated rings. The van der Waals surface area contributed by atoms with Gasteiger partial charge in [0, 0.05) is 12.5 Å². The van der Waals surface area contributed by atoms with Crippen molar-refractivity contribution in [3.8, 4) is 6.07 Å². The number of carbonyl (C=O) groups excluding carboxylic acids is 1. The fourth-order valence-electron chi connectivity index (χ4n) is 5.04. The number of benzene rings is 1. The molecule has 27 heavy (non-hydrogen) atoms. The number of ether oxygens (including phenoxy) is 1. The summed E-state index contributed by atoms with van der Waals surface area (Å²) < 4.78 is 29.9. The van der Waals surface area contributed by atoms with Gasteiger partial charge in [-0.3, -0.25) is 9.69 Å². The van der Waals surface area contributed by atoms with Crippen LogP contribution in [0.25, 0.3) is 0 Å². The minimum atomic E-state index is -2.80. The van der Waals surface area contributed by atoms with Gasteiger partial charge >= 0.3 is 6.61 Å². The number of alkyl halides is 2. The van der Waals surface area contributed by atoms with E-state index in [4.69, 9.17) is 10.5 Å². The summed E-state index contributed by atoms with van der Waals surface area (Å²) in [4.78, 5) is 19.3. The molecule has 1 amide bonds. The number of rotatable bonds is 2. The maximum absolute atomic E-state index is 13.3. The van der Waals surface area contributed by atoms with Crippen LogP contribution in [0.5, 0.6) is 0 Å². The number of nitrogens with zero attached hydrogens (tertiary/aromatic N) is 3. The number of likely N-dealkylation sites (N-methyl/N-ethyl adjacent to an activating group) is 1. The zero-order chi connectivity index (χ0) is 19.4. The minimum Gasteiger partial charge on any atom is -0.369 e. The molecular formula is C19H20F2N4O2. The number of hydrogen-bond donors (Lipinski definition) is 1. The van der Waals surface area contributed by atoms with Crippen LogP contribution < -0.4 is 5.73 Å². The number of hydrogen-bond acceptors (Lipinski definition) is 5. The maximum atomic E-state index is 13.3. The molecule has 6 nitrogen and oxygen atoms in total. The third kappa shape index (κ3) is 2.38. The van der Waals surface area contributed by atoms with E-state index in [-0.39, 0.29) is 11.9 Å². The van der Waals surface area contributed by atoms with Crippen molar-refractivity contribution in [2.24, 2.45) is 16.1 Å². The Morgan fingerprint density at radius 2 is 2.11 bits per heavy atom. The second kappa shape index (κ2) is 5.99. The first kappa shape index (κ1) is 17.9. The predicted octanol–water partition coefficient (Wildman–Crippen LogP) is 2.26. The summed E-state index contributed by atoms with van der Waals surface area (Å²) in [5, 5.41) is 9.30. The monoisotopic (exact) mass is 374 g/mol. The molecule has 1 unspecified atom stereocenters. The third-order valence-corrected chi connectivity index (χ3v) is 6.35. The molecule has 0 aromatic heterocycles. The minimum absolute atomic E-state index is 0.139. The largest absolute Gasteiger partial charge is 0.369 e. The van der Waals surface area contributed by atoms with Crippen LogP contribution in [0.2, 0.25) is 0 Å². The molecule has 3 aliphatic rings. The lowest BCUT2D eigenvalue weighted by atomic mass is 9.61. The molecule has 0 radical (unpaired) electrons. The van der Waals surface area contributed by atoms with Crippen molar-refractivity contribution in [3.05, 3.63) is 34.9 Å². The number of guanidine groups is 1. The van der Waals surface area contributed by atoms with Gasteiger partial charge < -0.3 is 10.5 Å². The van der Waals surface area contributed by atoms with E-state index in [0.717, 1.165) is 5.56 Å². The van der Waals surface area contributed by atoms with Gasteiger partial charge in [-0.1, -0.05) is 6.07 Å². The van der Waals surface area contributed by atoms with E-state index in [1.54, 1.807) is 19.2 Å². The lowest BCUT2D eigenvalue weighted by Crippen LogP contribution is -2.51. The van der Waals surface area contributed by atoms with Gasteiger partial charge in [0.1, 0.15) is 0 Å². The van der Waals surface area contributed by atoms with Gasteiger partial charge in [-0.15, -0.1) is 0 Å². The highest BCUT2D eigenvalue weighted by Gasteiger charge is 2.66. The highest BCUT2D eigenvalue weighted by atomic mass is 19.3. The van der Waals surface area contributed by atoms with Gasteiger partial charge in [-0.2, -0.15) is 14.0 Å². The Morgan fingerprint density at radius 3 is 2.67 bits per heavy atom. The Morgan fingerprint density at radius 1 is 1.41 bits per heavy atom. The van der Waals surface area contributed by atoms with E-state index in [1.165, 1.54) is 4.90 Å². The van der Waals surface area contributed by atoms with E-state index < -0.39 is 23.7 Å². The lowest BCUT2D eigenvalue weighted by Gasteiger charge is -2.45. The van der Waals surface area contributed by atoms with Crippen LogP contribution in [0, 0.1) is 16.7 Å². The van der Waals surface area contributed by atoms with Crippen molar-refractivity contribution in [1.82, 2.24) is 4.90 Å². The van der Waals surface area contributed by atoms with Crippen molar-refractivity contribution in [2.75, 3.05) is 7.05 Å². The molecule has 1 aromatic rings. The van der Waals surface area contributed by atoms with E-state index in [9.17, 15) is 18.8 Å². The van der Waals surface area contributed by atoms with Crippen LogP contribution in [0.3, 0.4) is 0 Å². The molecule has 0 saturated heterocycles. The summed E-state index contributed by atoms with van der Waals surface area (Å²) in [6.45, 7) is -2.80. The topological polar surface area (TPSA) is 91.7 Å². The average Bonchev–Trinajstić information content (AvgIpc) is 3.04. The van der Waals surface area contributed by atoms with Gasteiger partial charge in [-0.25, -0.2) is 4.99 Å². The number of aliphatic imine (C=N–C) groups is 1. The molecule has 0 bridgehead atoms. The molecule has 8 heteroatoms. The van der Waals surface area contributed by atoms with Crippen molar-refractivity contribution in [2.45, 2.75) is 50.4 Å². The molecule has 1 heterocycles. The maximum Gasteiger partial charge on any atom is 0.345 e.